The summed E-state index contributed by atoms with van der Waals surface area (Å²) in [5.41, 5.74) is 1.75. The highest BCUT2D eigenvalue weighted by Gasteiger charge is 2.19. The van der Waals surface area contributed by atoms with Crippen LogP contribution >= 0.6 is 0 Å². The third-order valence-electron chi connectivity index (χ3n) is 4.05. The molecule has 0 saturated carbocycles. The largest absolute Gasteiger partial charge is 0.481 e. The van der Waals surface area contributed by atoms with Crippen LogP contribution in [0.3, 0.4) is 0 Å². The number of carboxylic acid groups (broad SMARTS) is 1. The van der Waals surface area contributed by atoms with Crippen LogP contribution in [-0.4, -0.2) is 23.8 Å². The van der Waals surface area contributed by atoms with Crippen molar-refractivity contribution in [3.63, 3.8) is 0 Å². The number of carbonyl (C=O) groups excluding carboxylic acids is 1. The summed E-state index contributed by atoms with van der Waals surface area (Å²) in [5.74, 6) is -0.0962. The highest BCUT2D eigenvalue weighted by Crippen LogP contribution is 2.32. The Hall–Kier alpha value is -3.02. The molecule has 25 heavy (non-hydrogen) atoms. The van der Waals surface area contributed by atoms with E-state index in [1.807, 2.05) is 42.5 Å². The molecule has 2 aromatic carbocycles. The molecule has 1 heterocycles. The van der Waals surface area contributed by atoms with Crippen molar-refractivity contribution in [1.82, 2.24) is 5.32 Å². The normalized spacial score (nSPS) is 13.3. The highest BCUT2D eigenvalue weighted by atomic mass is 16.7. The zero-order valence-corrected chi connectivity index (χ0v) is 13.6. The second-order valence-electron chi connectivity index (χ2n) is 5.87. The number of nitrogens with one attached hydrogen (secondary N) is 1. The number of benzene rings is 2. The minimum atomic E-state index is -0.919. The van der Waals surface area contributed by atoms with Crippen molar-refractivity contribution >= 4 is 11.9 Å². The van der Waals surface area contributed by atoms with Gasteiger partial charge < -0.3 is 19.9 Å². The van der Waals surface area contributed by atoms with Crippen LogP contribution < -0.4 is 14.8 Å². The van der Waals surface area contributed by atoms with E-state index < -0.39 is 5.97 Å². The molecule has 1 aliphatic rings. The summed E-state index contributed by atoms with van der Waals surface area (Å²) in [7, 11) is 0. The minimum absolute atomic E-state index is 0.0819. The molecule has 2 aromatic rings. The Labute approximate surface area is 145 Å². The maximum Gasteiger partial charge on any atom is 0.303 e. The van der Waals surface area contributed by atoms with Crippen LogP contribution in [0.4, 0.5) is 0 Å². The van der Waals surface area contributed by atoms with Crippen molar-refractivity contribution < 1.29 is 24.2 Å². The van der Waals surface area contributed by atoms with Gasteiger partial charge in [0.05, 0.1) is 6.42 Å². The zero-order chi connectivity index (χ0) is 17.6. The Morgan fingerprint density at radius 2 is 1.80 bits per heavy atom. The summed E-state index contributed by atoms with van der Waals surface area (Å²) in [6, 6.07) is 14.7. The number of ether oxygens (including phenoxy) is 2. The molecule has 0 fully saturated rings. The minimum Gasteiger partial charge on any atom is -0.481 e. The van der Waals surface area contributed by atoms with E-state index in [-0.39, 0.29) is 31.5 Å². The quantitative estimate of drug-likeness (QED) is 0.809. The standard InChI is InChI=1S/C19H19NO5/c21-18(9-15(10-19(22)23)14-4-2-1-3-5-14)20-11-13-6-7-16-17(8-13)25-12-24-16/h1-8,15H,9-12H2,(H,20,21)(H,22,23). The number of fused-ring (bicyclic) bond motifs is 1. The van der Waals surface area contributed by atoms with Gasteiger partial charge in [-0.05, 0) is 23.3 Å². The van der Waals surface area contributed by atoms with E-state index in [2.05, 4.69) is 5.32 Å². The number of aliphatic carboxylic acids is 1. The summed E-state index contributed by atoms with van der Waals surface area (Å²) >= 11 is 0. The summed E-state index contributed by atoms with van der Waals surface area (Å²) in [4.78, 5) is 23.4. The van der Waals surface area contributed by atoms with Gasteiger partial charge in [-0.15, -0.1) is 0 Å². The molecular formula is C19H19NO5. The van der Waals surface area contributed by atoms with E-state index in [1.54, 1.807) is 6.07 Å². The smallest absolute Gasteiger partial charge is 0.303 e. The average Bonchev–Trinajstić information content (AvgIpc) is 3.07. The summed E-state index contributed by atoms with van der Waals surface area (Å²) < 4.78 is 10.6. The Morgan fingerprint density at radius 3 is 2.56 bits per heavy atom. The van der Waals surface area contributed by atoms with E-state index >= 15 is 0 Å². The fraction of sp³-hybridized carbons (Fsp3) is 0.263. The molecule has 0 saturated heterocycles. The third-order valence-corrected chi connectivity index (χ3v) is 4.05. The van der Waals surface area contributed by atoms with Crippen molar-refractivity contribution in [2.24, 2.45) is 0 Å². The van der Waals surface area contributed by atoms with Gasteiger partial charge >= 0.3 is 5.97 Å². The van der Waals surface area contributed by atoms with E-state index in [1.165, 1.54) is 0 Å². The lowest BCUT2D eigenvalue weighted by Crippen LogP contribution is -2.25. The number of amides is 1. The molecule has 0 bridgehead atoms. The lowest BCUT2D eigenvalue weighted by Gasteiger charge is -2.15. The van der Waals surface area contributed by atoms with Gasteiger partial charge in [-0.25, -0.2) is 0 Å². The lowest BCUT2D eigenvalue weighted by atomic mass is 9.92. The molecule has 130 valence electrons. The molecule has 3 rings (SSSR count). The maximum absolute atomic E-state index is 12.3. The first-order chi connectivity index (χ1) is 12.1. The molecule has 1 unspecified atom stereocenters. The monoisotopic (exact) mass is 341 g/mol. The van der Waals surface area contributed by atoms with Gasteiger partial charge in [0.1, 0.15) is 0 Å². The van der Waals surface area contributed by atoms with Gasteiger partial charge in [0.25, 0.3) is 0 Å². The average molecular weight is 341 g/mol. The lowest BCUT2D eigenvalue weighted by molar-refractivity contribution is -0.137. The first-order valence-corrected chi connectivity index (χ1v) is 8.04. The van der Waals surface area contributed by atoms with Gasteiger partial charge in [-0.3, -0.25) is 9.59 Å². The molecule has 1 atom stereocenters. The first kappa shape index (κ1) is 16.8. The first-order valence-electron chi connectivity index (χ1n) is 8.04. The van der Waals surface area contributed by atoms with Crippen molar-refractivity contribution in [2.75, 3.05) is 6.79 Å². The molecule has 0 aliphatic carbocycles. The van der Waals surface area contributed by atoms with Crippen LogP contribution in [-0.2, 0) is 16.1 Å². The summed E-state index contributed by atoms with van der Waals surface area (Å²) in [6.45, 7) is 0.559. The van der Waals surface area contributed by atoms with Gasteiger partial charge in [0.15, 0.2) is 11.5 Å². The number of hydrogen-bond donors (Lipinski definition) is 2. The maximum atomic E-state index is 12.3. The van der Waals surface area contributed by atoms with Crippen molar-refractivity contribution in [3.05, 3.63) is 59.7 Å². The fourth-order valence-corrected chi connectivity index (χ4v) is 2.79. The summed E-state index contributed by atoms with van der Waals surface area (Å²) in [5, 5.41) is 11.9. The highest BCUT2D eigenvalue weighted by molar-refractivity contribution is 5.78. The number of hydrogen-bond acceptors (Lipinski definition) is 4. The molecule has 0 aromatic heterocycles. The van der Waals surface area contributed by atoms with Crippen molar-refractivity contribution in [1.29, 1.82) is 0 Å². The topological polar surface area (TPSA) is 84.9 Å². The van der Waals surface area contributed by atoms with Gasteiger partial charge in [0.2, 0.25) is 12.7 Å². The molecule has 1 aliphatic heterocycles. The second-order valence-corrected chi connectivity index (χ2v) is 5.87. The Kier molecular flexibility index (Phi) is 5.18. The second kappa shape index (κ2) is 7.70. The zero-order valence-electron chi connectivity index (χ0n) is 13.6. The molecule has 0 radical (unpaired) electrons. The molecular weight excluding hydrogens is 322 g/mol. The molecule has 0 spiro atoms. The number of carbonyl (C=O) groups is 2. The predicted molar refractivity (Wildman–Crippen MR) is 90.5 cm³/mol. The van der Waals surface area contributed by atoms with Crippen molar-refractivity contribution in [2.45, 2.75) is 25.3 Å². The van der Waals surface area contributed by atoms with Gasteiger partial charge in [-0.1, -0.05) is 36.4 Å². The molecule has 6 heteroatoms. The number of carboxylic acids is 1. The van der Waals surface area contributed by atoms with E-state index in [0.717, 1.165) is 11.1 Å². The van der Waals surface area contributed by atoms with Crippen LogP contribution in [0.2, 0.25) is 0 Å². The van der Waals surface area contributed by atoms with Crippen LogP contribution in [0, 0.1) is 0 Å². The van der Waals surface area contributed by atoms with Gasteiger partial charge in [0, 0.05) is 18.9 Å². The molecule has 1 amide bonds. The molecule has 2 N–H and O–H groups in total. The molecule has 6 nitrogen and oxygen atoms in total. The van der Waals surface area contributed by atoms with E-state index in [0.29, 0.717) is 18.0 Å². The Balaban J connectivity index is 1.59. The summed E-state index contributed by atoms with van der Waals surface area (Å²) in [6.07, 6.45) is 0.0440. The van der Waals surface area contributed by atoms with Crippen LogP contribution in [0.25, 0.3) is 0 Å². The predicted octanol–water partition coefficient (Wildman–Crippen LogP) is 2.68. The van der Waals surface area contributed by atoms with Crippen LogP contribution in [0.5, 0.6) is 11.5 Å². The Bertz CT molecular complexity index is 760. The van der Waals surface area contributed by atoms with Gasteiger partial charge in [-0.2, -0.15) is 0 Å². The van der Waals surface area contributed by atoms with E-state index in [4.69, 9.17) is 14.6 Å². The number of rotatable bonds is 7. The van der Waals surface area contributed by atoms with Crippen LogP contribution in [0.15, 0.2) is 48.5 Å². The Morgan fingerprint density at radius 1 is 1.04 bits per heavy atom. The van der Waals surface area contributed by atoms with Crippen LogP contribution in [0.1, 0.15) is 29.9 Å². The van der Waals surface area contributed by atoms with Crippen molar-refractivity contribution in [3.8, 4) is 11.5 Å². The fourth-order valence-electron chi connectivity index (χ4n) is 2.79. The third kappa shape index (κ3) is 4.50. The van der Waals surface area contributed by atoms with E-state index in [9.17, 15) is 9.59 Å². The SMILES string of the molecule is O=C(O)CC(CC(=O)NCc1ccc2c(c1)OCO2)c1ccccc1.